The van der Waals surface area contributed by atoms with Crippen LogP contribution in [0.3, 0.4) is 0 Å². The van der Waals surface area contributed by atoms with Gasteiger partial charge in [-0.1, -0.05) is 0 Å². The predicted molar refractivity (Wildman–Crippen MR) is 69.6 cm³/mol. The highest BCUT2D eigenvalue weighted by Gasteiger charge is 2.39. The largest absolute Gasteiger partial charge is 0.326 e. The van der Waals surface area contributed by atoms with Crippen LogP contribution >= 0.6 is 0 Å². The molecule has 1 aromatic rings. The van der Waals surface area contributed by atoms with Crippen molar-refractivity contribution in [1.29, 1.82) is 0 Å². The van der Waals surface area contributed by atoms with Gasteiger partial charge in [0, 0.05) is 30.4 Å². The van der Waals surface area contributed by atoms with Gasteiger partial charge in [0.2, 0.25) is 0 Å². The predicted octanol–water partition coefficient (Wildman–Crippen LogP) is 1.68. The summed E-state index contributed by atoms with van der Waals surface area (Å²) in [5, 5.41) is 4.27. The average Bonchev–Trinajstić information content (AvgIpc) is 2.75. The van der Waals surface area contributed by atoms with E-state index in [4.69, 9.17) is 5.73 Å². The lowest BCUT2D eigenvalue weighted by Crippen LogP contribution is -2.46. The second-order valence-electron chi connectivity index (χ2n) is 5.86. The van der Waals surface area contributed by atoms with Gasteiger partial charge in [-0.05, 0) is 40.2 Å². The van der Waals surface area contributed by atoms with Gasteiger partial charge < -0.3 is 5.73 Å². The molecule has 2 N–H and O–H groups in total. The zero-order valence-electron chi connectivity index (χ0n) is 11.3. The van der Waals surface area contributed by atoms with Gasteiger partial charge in [0.15, 0.2) is 0 Å². The molecule has 2 rings (SSSR count). The minimum atomic E-state index is 0.122. The van der Waals surface area contributed by atoms with Crippen LogP contribution in [0.2, 0.25) is 0 Å². The molecule has 1 aromatic heterocycles. The van der Waals surface area contributed by atoms with Crippen molar-refractivity contribution in [2.24, 2.45) is 12.8 Å². The Morgan fingerprint density at radius 2 is 2.18 bits per heavy atom. The summed E-state index contributed by atoms with van der Waals surface area (Å²) in [6.07, 6.45) is 6.54. The number of rotatable bonds is 3. The molecular formula is C13H24N4. The fourth-order valence-corrected chi connectivity index (χ4v) is 3.00. The van der Waals surface area contributed by atoms with Crippen LogP contribution in [0.25, 0.3) is 0 Å². The van der Waals surface area contributed by atoms with Crippen LogP contribution in [0.4, 0.5) is 0 Å². The topological polar surface area (TPSA) is 47.1 Å². The highest BCUT2D eigenvalue weighted by Crippen LogP contribution is 2.37. The summed E-state index contributed by atoms with van der Waals surface area (Å²) < 4.78 is 1.85. The molecule has 1 fully saturated rings. The Morgan fingerprint density at radius 1 is 1.47 bits per heavy atom. The van der Waals surface area contributed by atoms with Crippen molar-refractivity contribution < 1.29 is 0 Å². The van der Waals surface area contributed by atoms with E-state index in [0.29, 0.717) is 0 Å². The maximum Gasteiger partial charge on any atom is 0.0538 e. The lowest BCUT2D eigenvalue weighted by atomic mass is 9.95. The summed E-state index contributed by atoms with van der Waals surface area (Å²) in [7, 11) is 1.96. The Kier molecular flexibility index (Phi) is 3.27. The fraction of sp³-hybridized carbons (Fsp3) is 0.769. The molecule has 0 aromatic carbocycles. The van der Waals surface area contributed by atoms with Gasteiger partial charge in [0.1, 0.15) is 0 Å². The van der Waals surface area contributed by atoms with E-state index in [0.717, 1.165) is 6.54 Å². The van der Waals surface area contributed by atoms with E-state index in [-0.39, 0.29) is 17.6 Å². The molecule has 0 amide bonds. The molecule has 0 aliphatic carbocycles. The average molecular weight is 236 g/mol. The van der Waals surface area contributed by atoms with Crippen molar-refractivity contribution in [2.45, 2.75) is 51.2 Å². The van der Waals surface area contributed by atoms with Gasteiger partial charge in [-0.2, -0.15) is 5.10 Å². The molecule has 1 aliphatic rings. The summed E-state index contributed by atoms with van der Waals surface area (Å²) in [6, 6.07) is 0.401. The lowest BCUT2D eigenvalue weighted by molar-refractivity contribution is 0.101. The molecule has 0 radical (unpaired) electrons. The second-order valence-corrected chi connectivity index (χ2v) is 5.86. The first kappa shape index (κ1) is 12.6. The molecule has 0 spiro atoms. The maximum absolute atomic E-state index is 6.20. The summed E-state index contributed by atoms with van der Waals surface area (Å²) in [5.74, 6) is 0. The minimum Gasteiger partial charge on any atom is -0.326 e. The Morgan fingerprint density at radius 3 is 2.59 bits per heavy atom. The third kappa shape index (κ3) is 2.38. The van der Waals surface area contributed by atoms with E-state index in [1.165, 1.54) is 18.4 Å². The van der Waals surface area contributed by atoms with Gasteiger partial charge in [0.25, 0.3) is 0 Å². The van der Waals surface area contributed by atoms with Crippen LogP contribution in [-0.2, 0) is 7.05 Å². The normalized spacial score (nSPS) is 23.8. The molecule has 4 heteroatoms. The fourth-order valence-electron chi connectivity index (χ4n) is 3.00. The molecule has 0 saturated carbocycles. The number of nitrogens with two attached hydrogens (primary N) is 1. The van der Waals surface area contributed by atoms with Crippen molar-refractivity contribution in [3.8, 4) is 0 Å². The number of nitrogens with zero attached hydrogens (tertiary/aromatic N) is 3. The van der Waals surface area contributed by atoms with Crippen molar-refractivity contribution in [1.82, 2.24) is 14.7 Å². The summed E-state index contributed by atoms with van der Waals surface area (Å²) in [6.45, 7) is 7.84. The number of hydrogen-bond donors (Lipinski definition) is 1. The SMILES string of the molecule is CC(N)C(c1cnn(C)c1)N1CCCC1(C)C. The zero-order valence-corrected chi connectivity index (χ0v) is 11.3. The van der Waals surface area contributed by atoms with Crippen LogP contribution < -0.4 is 5.73 Å². The second kappa shape index (κ2) is 4.42. The molecule has 2 unspecified atom stereocenters. The molecule has 2 atom stereocenters. The van der Waals surface area contributed by atoms with E-state index in [9.17, 15) is 0 Å². The van der Waals surface area contributed by atoms with Gasteiger partial charge in [0.05, 0.1) is 12.2 Å². The quantitative estimate of drug-likeness (QED) is 0.868. The number of aromatic nitrogens is 2. The van der Waals surface area contributed by atoms with Crippen molar-refractivity contribution in [2.75, 3.05) is 6.54 Å². The molecule has 4 nitrogen and oxygen atoms in total. The third-order valence-electron chi connectivity index (χ3n) is 3.87. The number of aryl methyl sites for hydroxylation is 1. The smallest absolute Gasteiger partial charge is 0.0538 e. The summed E-state index contributed by atoms with van der Waals surface area (Å²) in [4.78, 5) is 2.54. The first-order chi connectivity index (χ1) is 7.92. The Labute approximate surface area is 104 Å². The molecular weight excluding hydrogens is 212 g/mol. The number of likely N-dealkylation sites (tertiary alicyclic amines) is 1. The first-order valence-electron chi connectivity index (χ1n) is 6.43. The number of hydrogen-bond acceptors (Lipinski definition) is 3. The Bertz CT molecular complexity index is 381. The molecule has 0 bridgehead atoms. The molecule has 1 saturated heterocycles. The van der Waals surface area contributed by atoms with Gasteiger partial charge in [-0.25, -0.2) is 0 Å². The van der Waals surface area contributed by atoms with Crippen molar-refractivity contribution >= 4 is 0 Å². The minimum absolute atomic E-state index is 0.122. The van der Waals surface area contributed by atoms with Gasteiger partial charge in [-0.3, -0.25) is 9.58 Å². The first-order valence-corrected chi connectivity index (χ1v) is 6.43. The molecule has 17 heavy (non-hydrogen) atoms. The van der Waals surface area contributed by atoms with Crippen LogP contribution in [0.15, 0.2) is 12.4 Å². The molecule has 2 heterocycles. The van der Waals surface area contributed by atoms with Crippen molar-refractivity contribution in [3.63, 3.8) is 0 Å². The third-order valence-corrected chi connectivity index (χ3v) is 3.87. The Hall–Kier alpha value is -0.870. The van der Waals surface area contributed by atoms with Crippen LogP contribution in [0.1, 0.15) is 45.2 Å². The monoisotopic (exact) mass is 236 g/mol. The summed E-state index contributed by atoms with van der Waals surface area (Å²) in [5.41, 5.74) is 7.68. The Balaban J connectivity index is 2.30. The lowest BCUT2D eigenvalue weighted by Gasteiger charge is -2.40. The highest BCUT2D eigenvalue weighted by molar-refractivity contribution is 5.15. The van der Waals surface area contributed by atoms with Crippen LogP contribution in [0, 0.1) is 0 Å². The molecule has 1 aliphatic heterocycles. The van der Waals surface area contributed by atoms with Gasteiger partial charge in [-0.15, -0.1) is 0 Å². The van der Waals surface area contributed by atoms with Crippen molar-refractivity contribution in [3.05, 3.63) is 18.0 Å². The van der Waals surface area contributed by atoms with Crippen LogP contribution in [0.5, 0.6) is 0 Å². The van der Waals surface area contributed by atoms with E-state index >= 15 is 0 Å². The van der Waals surface area contributed by atoms with E-state index in [2.05, 4.69) is 37.0 Å². The maximum atomic E-state index is 6.20. The van der Waals surface area contributed by atoms with E-state index in [1.54, 1.807) is 0 Å². The van der Waals surface area contributed by atoms with Gasteiger partial charge >= 0.3 is 0 Å². The summed E-state index contributed by atoms with van der Waals surface area (Å²) >= 11 is 0. The van der Waals surface area contributed by atoms with Crippen LogP contribution in [-0.4, -0.2) is 32.8 Å². The van der Waals surface area contributed by atoms with E-state index in [1.807, 2.05) is 17.9 Å². The molecule has 96 valence electrons. The standard InChI is InChI=1S/C13H24N4/c1-10(14)12(11-8-15-16(4)9-11)17-7-5-6-13(17,2)3/h8-10,12H,5-7,14H2,1-4H3. The zero-order chi connectivity index (χ0) is 12.6. The highest BCUT2D eigenvalue weighted by atomic mass is 15.3. The van der Waals surface area contributed by atoms with E-state index < -0.39 is 0 Å².